The fourth-order valence-electron chi connectivity index (χ4n) is 2.56. The lowest BCUT2D eigenvalue weighted by molar-refractivity contribution is 0.468. The predicted octanol–water partition coefficient (Wildman–Crippen LogP) is 3.97. The van der Waals surface area contributed by atoms with Crippen LogP contribution in [0.15, 0.2) is 36.0 Å². The first-order valence-corrected chi connectivity index (χ1v) is 7.26. The third-order valence-corrected chi connectivity index (χ3v) is 4.39. The monoisotopic (exact) mass is 268 g/mol. The first kappa shape index (κ1) is 10.9. The molecule has 0 atom stereocenters. The quantitative estimate of drug-likeness (QED) is 0.705. The number of aromatic nitrogens is 2. The molecule has 0 saturated heterocycles. The highest BCUT2D eigenvalue weighted by Crippen LogP contribution is 2.32. The summed E-state index contributed by atoms with van der Waals surface area (Å²) in [6, 6.07) is 8.33. The summed E-state index contributed by atoms with van der Waals surface area (Å²) in [4.78, 5) is 8.47. The summed E-state index contributed by atoms with van der Waals surface area (Å²) < 4.78 is 6.94. The second-order valence-corrected chi connectivity index (χ2v) is 5.62. The molecule has 2 heterocycles. The molecule has 3 nitrogen and oxygen atoms in total. The first-order valence-electron chi connectivity index (χ1n) is 6.38. The fraction of sp³-hybridized carbons (Fsp3) is 0.200. The largest absolute Gasteiger partial charge is 0.437 e. The van der Waals surface area contributed by atoms with E-state index in [2.05, 4.69) is 22.1 Å². The fourth-order valence-corrected chi connectivity index (χ4v) is 3.33. The molecule has 0 N–H and O–H groups in total. The molecule has 0 unspecified atom stereocenters. The molecule has 3 aromatic rings. The van der Waals surface area contributed by atoms with Gasteiger partial charge < -0.3 is 4.74 Å². The average Bonchev–Trinajstić information content (AvgIpc) is 3.06. The zero-order chi connectivity index (χ0) is 12.7. The number of fused-ring (bicyclic) bond motifs is 2. The molecule has 0 radical (unpaired) electrons. The van der Waals surface area contributed by atoms with Crippen molar-refractivity contribution in [3.8, 4) is 11.6 Å². The van der Waals surface area contributed by atoms with Gasteiger partial charge in [-0.25, -0.2) is 9.97 Å². The molecule has 1 aliphatic carbocycles. The van der Waals surface area contributed by atoms with E-state index in [4.69, 9.17) is 4.74 Å². The zero-order valence-electron chi connectivity index (χ0n) is 10.3. The summed E-state index contributed by atoms with van der Waals surface area (Å²) >= 11 is 1.61. The van der Waals surface area contributed by atoms with Crippen LogP contribution >= 0.6 is 11.3 Å². The van der Waals surface area contributed by atoms with Gasteiger partial charge in [0.15, 0.2) is 0 Å². The van der Waals surface area contributed by atoms with E-state index < -0.39 is 0 Å². The Bertz CT molecular complexity index is 751. The molecule has 0 bridgehead atoms. The maximum atomic E-state index is 5.93. The van der Waals surface area contributed by atoms with E-state index in [9.17, 15) is 0 Å². The van der Waals surface area contributed by atoms with Crippen LogP contribution in [0.1, 0.15) is 17.5 Å². The molecule has 0 spiro atoms. The maximum absolute atomic E-state index is 5.93. The average molecular weight is 268 g/mol. The van der Waals surface area contributed by atoms with Gasteiger partial charge in [0.25, 0.3) is 0 Å². The number of rotatable bonds is 2. The highest BCUT2D eigenvalue weighted by atomic mass is 32.1. The molecular formula is C15H12N2OS. The Morgan fingerprint density at radius 2 is 2.00 bits per heavy atom. The number of aryl methyl sites for hydroxylation is 2. The summed E-state index contributed by atoms with van der Waals surface area (Å²) in [5.74, 6) is 1.52. The van der Waals surface area contributed by atoms with Gasteiger partial charge in [-0.1, -0.05) is 6.07 Å². The van der Waals surface area contributed by atoms with Crippen molar-refractivity contribution in [2.24, 2.45) is 0 Å². The number of ether oxygens (including phenoxy) is 1. The third-order valence-electron chi connectivity index (χ3n) is 3.49. The number of nitrogens with zero attached hydrogens (tertiary/aromatic N) is 2. The van der Waals surface area contributed by atoms with Crippen LogP contribution in [0.25, 0.3) is 10.2 Å². The lowest BCUT2D eigenvalue weighted by Crippen LogP contribution is -1.91. The van der Waals surface area contributed by atoms with Crippen LogP contribution in [0.4, 0.5) is 0 Å². The van der Waals surface area contributed by atoms with Crippen molar-refractivity contribution in [2.45, 2.75) is 19.3 Å². The van der Waals surface area contributed by atoms with E-state index in [1.165, 1.54) is 24.0 Å². The van der Waals surface area contributed by atoms with Crippen molar-refractivity contribution >= 4 is 21.6 Å². The molecule has 2 aromatic heterocycles. The van der Waals surface area contributed by atoms with E-state index in [-0.39, 0.29) is 0 Å². The van der Waals surface area contributed by atoms with Crippen molar-refractivity contribution < 1.29 is 4.74 Å². The van der Waals surface area contributed by atoms with E-state index in [1.54, 1.807) is 17.7 Å². The molecule has 94 valence electrons. The normalized spacial score (nSPS) is 13.7. The van der Waals surface area contributed by atoms with Crippen molar-refractivity contribution in [2.75, 3.05) is 0 Å². The number of hydrogen-bond acceptors (Lipinski definition) is 4. The van der Waals surface area contributed by atoms with Gasteiger partial charge in [-0.15, -0.1) is 11.3 Å². The molecule has 4 heteroatoms. The van der Waals surface area contributed by atoms with Gasteiger partial charge in [-0.05, 0) is 54.0 Å². The Kier molecular flexibility index (Phi) is 2.48. The Balaban J connectivity index is 1.73. The number of benzene rings is 1. The lowest BCUT2D eigenvalue weighted by atomic mass is 10.1. The van der Waals surface area contributed by atoms with Crippen LogP contribution < -0.4 is 4.74 Å². The van der Waals surface area contributed by atoms with Gasteiger partial charge in [0.1, 0.15) is 16.8 Å². The molecule has 1 aromatic carbocycles. The van der Waals surface area contributed by atoms with E-state index in [0.29, 0.717) is 5.88 Å². The van der Waals surface area contributed by atoms with Crippen LogP contribution in [0.3, 0.4) is 0 Å². The van der Waals surface area contributed by atoms with Gasteiger partial charge in [0, 0.05) is 0 Å². The van der Waals surface area contributed by atoms with E-state index in [0.717, 1.165) is 22.4 Å². The third kappa shape index (κ3) is 1.88. The molecule has 1 aliphatic rings. The van der Waals surface area contributed by atoms with E-state index >= 15 is 0 Å². The summed E-state index contributed by atoms with van der Waals surface area (Å²) in [5.41, 5.74) is 3.81. The molecular weight excluding hydrogens is 256 g/mol. The first-order chi connectivity index (χ1) is 9.40. The van der Waals surface area contributed by atoms with Gasteiger partial charge in [0.2, 0.25) is 5.88 Å². The standard InChI is InChI=1S/C15H12N2OS/c1-2-10-4-5-12(8-11(10)3-1)18-15-14-13(6-7-19-14)16-9-17-15/h4-9H,1-3H2. The molecule has 19 heavy (non-hydrogen) atoms. The van der Waals surface area contributed by atoms with Gasteiger partial charge in [-0.2, -0.15) is 0 Å². The SMILES string of the molecule is c1nc(Oc2ccc3c(c2)CCC3)c2sccc2n1. The van der Waals surface area contributed by atoms with Crippen LogP contribution in [0, 0.1) is 0 Å². The number of thiophene rings is 1. The summed E-state index contributed by atoms with van der Waals surface area (Å²) in [5, 5.41) is 2.01. The molecule has 0 amide bonds. The van der Waals surface area contributed by atoms with Crippen molar-refractivity contribution in [1.29, 1.82) is 0 Å². The second-order valence-electron chi connectivity index (χ2n) is 4.70. The minimum Gasteiger partial charge on any atom is -0.437 e. The van der Waals surface area contributed by atoms with Crippen molar-refractivity contribution in [3.63, 3.8) is 0 Å². The Morgan fingerprint density at radius 3 is 3.00 bits per heavy atom. The lowest BCUT2D eigenvalue weighted by Gasteiger charge is -2.07. The maximum Gasteiger partial charge on any atom is 0.240 e. The Morgan fingerprint density at radius 1 is 1.05 bits per heavy atom. The highest BCUT2D eigenvalue weighted by molar-refractivity contribution is 7.17. The summed E-state index contributed by atoms with van der Waals surface area (Å²) in [6.07, 6.45) is 5.15. The second kappa shape index (κ2) is 4.31. The Labute approximate surface area is 114 Å². The Hall–Kier alpha value is -1.94. The molecule has 0 aliphatic heterocycles. The highest BCUT2D eigenvalue weighted by Gasteiger charge is 2.13. The smallest absolute Gasteiger partial charge is 0.240 e. The minimum absolute atomic E-state index is 0.651. The van der Waals surface area contributed by atoms with Crippen LogP contribution in [-0.4, -0.2) is 9.97 Å². The molecule has 0 saturated carbocycles. The van der Waals surface area contributed by atoms with Crippen LogP contribution in [0.2, 0.25) is 0 Å². The summed E-state index contributed by atoms with van der Waals surface area (Å²) in [7, 11) is 0. The van der Waals surface area contributed by atoms with E-state index in [1.807, 2.05) is 17.5 Å². The van der Waals surface area contributed by atoms with Crippen molar-refractivity contribution in [3.05, 3.63) is 47.1 Å². The van der Waals surface area contributed by atoms with Gasteiger partial charge >= 0.3 is 0 Å². The summed E-state index contributed by atoms with van der Waals surface area (Å²) in [6.45, 7) is 0. The van der Waals surface area contributed by atoms with Gasteiger partial charge in [-0.3, -0.25) is 0 Å². The zero-order valence-corrected chi connectivity index (χ0v) is 11.1. The topological polar surface area (TPSA) is 35.0 Å². The molecule has 0 fully saturated rings. The number of hydrogen-bond donors (Lipinski definition) is 0. The van der Waals surface area contributed by atoms with Crippen LogP contribution in [0.5, 0.6) is 11.6 Å². The van der Waals surface area contributed by atoms with Crippen LogP contribution in [-0.2, 0) is 12.8 Å². The van der Waals surface area contributed by atoms with Gasteiger partial charge in [0.05, 0.1) is 5.52 Å². The van der Waals surface area contributed by atoms with Crippen molar-refractivity contribution in [1.82, 2.24) is 9.97 Å². The minimum atomic E-state index is 0.651. The molecule has 4 rings (SSSR count). The predicted molar refractivity (Wildman–Crippen MR) is 76.0 cm³/mol.